The van der Waals surface area contributed by atoms with Crippen molar-refractivity contribution < 1.29 is 9.90 Å². The Balaban J connectivity index is 2.53. The van der Waals surface area contributed by atoms with Gasteiger partial charge in [-0.3, -0.25) is 0 Å². The highest BCUT2D eigenvalue weighted by molar-refractivity contribution is 9.10. The second-order valence-corrected chi connectivity index (χ2v) is 5.30. The number of aliphatic hydroxyl groups excluding tert-OH is 1. The van der Waals surface area contributed by atoms with Crippen LogP contribution in [0.25, 0.3) is 0 Å². The minimum Gasteiger partial charge on any atom is -0.395 e. The molecule has 0 bridgehead atoms. The van der Waals surface area contributed by atoms with Gasteiger partial charge in [0.1, 0.15) is 0 Å². The van der Waals surface area contributed by atoms with Gasteiger partial charge in [-0.05, 0) is 31.9 Å². The van der Waals surface area contributed by atoms with Crippen LogP contribution in [0.5, 0.6) is 0 Å². The Hall–Kier alpha value is -1.07. The number of hydrogen-bond acceptors (Lipinski definition) is 2. The van der Waals surface area contributed by atoms with Crippen LogP contribution in [0, 0.1) is 0 Å². The molecule has 1 aromatic carbocycles. The summed E-state index contributed by atoms with van der Waals surface area (Å²) in [6.07, 6.45) is 0.768. The molecule has 0 aliphatic heterocycles. The number of nitrogens with zero attached hydrogens (tertiary/aromatic N) is 1. The fraction of sp³-hybridized carbons (Fsp3) is 0.500. The third kappa shape index (κ3) is 5.20. The van der Waals surface area contributed by atoms with Gasteiger partial charge >= 0.3 is 6.03 Å². The van der Waals surface area contributed by atoms with Crippen LogP contribution >= 0.6 is 15.9 Å². The van der Waals surface area contributed by atoms with E-state index in [4.69, 9.17) is 5.11 Å². The zero-order valence-corrected chi connectivity index (χ0v) is 13.0. The van der Waals surface area contributed by atoms with Crippen molar-refractivity contribution >= 4 is 22.0 Å². The molecule has 0 aliphatic rings. The second-order valence-electron chi connectivity index (χ2n) is 4.45. The van der Waals surface area contributed by atoms with Crippen molar-refractivity contribution in [1.82, 2.24) is 10.2 Å². The lowest BCUT2D eigenvalue weighted by Crippen LogP contribution is -2.45. The van der Waals surface area contributed by atoms with Crippen LogP contribution in [0.1, 0.15) is 19.4 Å². The molecule has 0 saturated heterocycles. The summed E-state index contributed by atoms with van der Waals surface area (Å²) >= 11 is 3.50. The first-order valence-corrected chi connectivity index (χ1v) is 7.27. The Morgan fingerprint density at radius 1 is 1.47 bits per heavy atom. The number of benzene rings is 1. The molecule has 4 nitrogen and oxygen atoms in total. The number of urea groups is 1. The molecule has 0 spiro atoms. The number of hydrogen-bond donors (Lipinski definition) is 2. The van der Waals surface area contributed by atoms with Crippen LogP contribution in [0.2, 0.25) is 0 Å². The van der Waals surface area contributed by atoms with E-state index in [-0.39, 0.29) is 18.7 Å². The number of carbonyl (C=O) groups is 1. The third-order valence-electron chi connectivity index (χ3n) is 2.89. The molecular weight excluding hydrogens is 308 g/mol. The van der Waals surface area contributed by atoms with E-state index in [9.17, 15) is 4.79 Å². The third-order valence-corrected chi connectivity index (χ3v) is 3.67. The maximum atomic E-state index is 11.9. The van der Waals surface area contributed by atoms with Crippen LogP contribution in [-0.2, 0) is 6.42 Å². The van der Waals surface area contributed by atoms with E-state index < -0.39 is 0 Å². The van der Waals surface area contributed by atoms with Gasteiger partial charge in [-0.1, -0.05) is 34.1 Å². The fourth-order valence-corrected chi connectivity index (χ4v) is 2.32. The molecule has 0 saturated carbocycles. The van der Waals surface area contributed by atoms with Gasteiger partial charge in [0, 0.05) is 23.6 Å². The average Bonchev–Trinajstić information content (AvgIpc) is 2.38. The van der Waals surface area contributed by atoms with Crippen LogP contribution in [0.4, 0.5) is 4.79 Å². The summed E-state index contributed by atoms with van der Waals surface area (Å²) in [7, 11) is 0. The highest BCUT2D eigenvalue weighted by Crippen LogP contribution is 2.17. The molecule has 1 aromatic rings. The monoisotopic (exact) mass is 328 g/mol. The Morgan fingerprint density at radius 2 is 2.16 bits per heavy atom. The van der Waals surface area contributed by atoms with E-state index in [1.807, 2.05) is 38.1 Å². The largest absolute Gasteiger partial charge is 0.395 e. The first-order valence-electron chi connectivity index (χ1n) is 6.48. The van der Waals surface area contributed by atoms with E-state index in [1.54, 1.807) is 4.90 Å². The molecule has 0 aliphatic carbocycles. The number of carbonyl (C=O) groups excluding carboxylic acids is 1. The predicted molar refractivity (Wildman–Crippen MR) is 80.2 cm³/mol. The minimum atomic E-state index is -0.129. The van der Waals surface area contributed by atoms with Gasteiger partial charge in [0.15, 0.2) is 0 Å². The molecule has 0 heterocycles. The van der Waals surface area contributed by atoms with Crippen molar-refractivity contribution in [2.45, 2.75) is 26.3 Å². The smallest absolute Gasteiger partial charge is 0.317 e. The van der Waals surface area contributed by atoms with Crippen LogP contribution < -0.4 is 5.32 Å². The van der Waals surface area contributed by atoms with Crippen LogP contribution in [0.3, 0.4) is 0 Å². The first-order chi connectivity index (χ1) is 9.08. The summed E-state index contributed by atoms with van der Waals surface area (Å²) in [5, 5.41) is 11.8. The summed E-state index contributed by atoms with van der Waals surface area (Å²) in [5.41, 5.74) is 1.17. The fourth-order valence-electron chi connectivity index (χ4n) is 1.87. The first kappa shape index (κ1) is 16.0. The van der Waals surface area contributed by atoms with Crippen LogP contribution in [-0.4, -0.2) is 41.8 Å². The molecule has 2 N–H and O–H groups in total. The SMILES string of the molecule is CCN(CCO)C(=O)NC(C)Cc1ccccc1Br. The molecule has 1 atom stereocenters. The Bertz CT molecular complexity index is 412. The van der Waals surface area contributed by atoms with Crippen molar-refractivity contribution in [3.8, 4) is 0 Å². The molecule has 0 aromatic heterocycles. The normalized spacial score (nSPS) is 12.0. The maximum Gasteiger partial charge on any atom is 0.317 e. The van der Waals surface area contributed by atoms with E-state index >= 15 is 0 Å². The average molecular weight is 329 g/mol. The highest BCUT2D eigenvalue weighted by atomic mass is 79.9. The standard InChI is InChI=1S/C14H21BrN2O2/c1-3-17(8-9-18)14(19)16-11(2)10-12-6-4-5-7-13(12)15/h4-7,11,18H,3,8-10H2,1-2H3,(H,16,19). The van der Waals surface area contributed by atoms with Gasteiger partial charge in [-0.25, -0.2) is 4.79 Å². The van der Waals surface area contributed by atoms with Crippen molar-refractivity contribution in [2.24, 2.45) is 0 Å². The lowest BCUT2D eigenvalue weighted by molar-refractivity contribution is 0.177. The van der Waals surface area contributed by atoms with E-state index in [2.05, 4.69) is 21.2 Å². The number of halogens is 1. The van der Waals surface area contributed by atoms with Gasteiger partial charge in [0.05, 0.1) is 6.61 Å². The summed E-state index contributed by atoms with van der Waals surface area (Å²) < 4.78 is 1.05. The molecule has 19 heavy (non-hydrogen) atoms. The van der Waals surface area contributed by atoms with E-state index in [0.29, 0.717) is 13.1 Å². The summed E-state index contributed by atoms with van der Waals surface area (Å²) in [6, 6.07) is 7.90. The van der Waals surface area contributed by atoms with Crippen molar-refractivity contribution in [2.75, 3.05) is 19.7 Å². The van der Waals surface area contributed by atoms with Crippen LogP contribution in [0.15, 0.2) is 28.7 Å². The Morgan fingerprint density at radius 3 is 2.74 bits per heavy atom. The summed E-state index contributed by atoms with van der Waals surface area (Å²) in [5.74, 6) is 0. The number of likely N-dealkylation sites (N-methyl/N-ethyl adjacent to an activating group) is 1. The number of amides is 2. The van der Waals surface area contributed by atoms with Crippen molar-refractivity contribution in [3.63, 3.8) is 0 Å². The quantitative estimate of drug-likeness (QED) is 0.842. The van der Waals surface area contributed by atoms with Crippen molar-refractivity contribution in [3.05, 3.63) is 34.3 Å². The lowest BCUT2D eigenvalue weighted by atomic mass is 10.1. The molecule has 2 amide bonds. The minimum absolute atomic E-state index is 0.0140. The number of nitrogens with one attached hydrogen (secondary N) is 1. The Labute approximate surface area is 122 Å². The Kier molecular flexibility index (Phi) is 6.87. The predicted octanol–water partition coefficient (Wildman–Crippen LogP) is 2.40. The van der Waals surface area contributed by atoms with Gasteiger partial charge in [0.25, 0.3) is 0 Å². The lowest BCUT2D eigenvalue weighted by Gasteiger charge is -2.23. The van der Waals surface area contributed by atoms with E-state index in [0.717, 1.165) is 10.9 Å². The van der Waals surface area contributed by atoms with Crippen molar-refractivity contribution in [1.29, 1.82) is 0 Å². The summed E-state index contributed by atoms with van der Waals surface area (Å²) in [4.78, 5) is 13.5. The zero-order chi connectivity index (χ0) is 14.3. The molecule has 5 heteroatoms. The van der Waals surface area contributed by atoms with Gasteiger partial charge in [-0.15, -0.1) is 0 Å². The second kappa shape index (κ2) is 8.17. The van der Waals surface area contributed by atoms with Gasteiger partial charge in [-0.2, -0.15) is 0 Å². The summed E-state index contributed by atoms with van der Waals surface area (Å²) in [6.45, 7) is 4.82. The molecule has 106 valence electrons. The zero-order valence-electron chi connectivity index (χ0n) is 11.4. The highest BCUT2D eigenvalue weighted by Gasteiger charge is 2.14. The van der Waals surface area contributed by atoms with Gasteiger partial charge < -0.3 is 15.3 Å². The maximum absolute atomic E-state index is 11.9. The van der Waals surface area contributed by atoms with Gasteiger partial charge in [0.2, 0.25) is 0 Å². The molecule has 0 radical (unpaired) electrons. The molecular formula is C14H21BrN2O2. The topological polar surface area (TPSA) is 52.6 Å². The van der Waals surface area contributed by atoms with E-state index in [1.165, 1.54) is 5.56 Å². The molecule has 1 rings (SSSR count). The number of rotatable bonds is 6. The molecule has 0 fully saturated rings. The number of aliphatic hydroxyl groups is 1. The molecule has 1 unspecified atom stereocenters.